The smallest absolute Gasteiger partial charge is 0.274 e. The van der Waals surface area contributed by atoms with Gasteiger partial charge >= 0.3 is 0 Å². The third-order valence-electron chi connectivity index (χ3n) is 4.52. The van der Waals surface area contributed by atoms with Crippen molar-refractivity contribution in [1.82, 2.24) is 9.97 Å². The molecule has 1 aliphatic rings. The van der Waals surface area contributed by atoms with Crippen LogP contribution in [0.25, 0.3) is 0 Å². The Morgan fingerprint density at radius 2 is 1.79 bits per heavy atom. The van der Waals surface area contributed by atoms with Crippen LogP contribution in [0.2, 0.25) is 0 Å². The zero-order chi connectivity index (χ0) is 20.2. The second kappa shape index (κ2) is 8.18. The molecule has 1 N–H and O–H groups in total. The van der Waals surface area contributed by atoms with E-state index in [2.05, 4.69) is 15.3 Å². The molecular weight excluding hydrogens is 368 g/mol. The molecule has 0 saturated carbocycles. The largest absolute Gasteiger partial charge is 0.486 e. The van der Waals surface area contributed by atoms with E-state index in [1.54, 1.807) is 31.2 Å². The Hall–Kier alpha value is -3.61. The molecule has 0 spiro atoms. The number of anilines is 3. The van der Waals surface area contributed by atoms with Crippen molar-refractivity contribution >= 4 is 23.1 Å². The average molecular weight is 390 g/mol. The van der Waals surface area contributed by atoms with E-state index in [-0.39, 0.29) is 5.91 Å². The number of nitrogens with one attached hydrogen (secondary N) is 1. The summed E-state index contributed by atoms with van der Waals surface area (Å²) in [4.78, 5) is 23.7. The number of amides is 1. The third kappa shape index (κ3) is 4.13. The first-order valence-electron chi connectivity index (χ1n) is 9.53. The standard InChI is InChI=1S/C22H22N4O3/c1-3-26(17-7-5-4-6-8-17)21-14-18(23-15(2)24-21)22(27)25-16-9-10-19-20(13-16)29-12-11-28-19/h4-10,13-14H,3,11-12H2,1-2H3,(H,25,27). The molecule has 7 heteroatoms. The van der Waals surface area contributed by atoms with Crippen LogP contribution in [0.1, 0.15) is 23.2 Å². The van der Waals surface area contributed by atoms with E-state index in [4.69, 9.17) is 9.47 Å². The first-order valence-corrected chi connectivity index (χ1v) is 9.53. The van der Waals surface area contributed by atoms with Crippen LogP contribution in [0.5, 0.6) is 11.5 Å². The molecule has 1 aromatic heterocycles. The highest BCUT2D eigenvalue weighted by molar-refractivity contribution is 6.03. The first kappa shape index (κ1) is 18.7. The predicted molar refractivity (Wildman–Crippen MR) is 111 cm³/mol. The lowest BCUT2D eigenvalue weighted by Gasteiger charge is -2.22. The molecule has 0 saturated heterocycles. The van der Waals surface area contributed by atoms with Crippen molar-refractivity contribution < 1.29 is 14.3 Å². The summed E-state index contributed by atoms with van der Waals surface area (Å²) in [7, 11) is 0. The minimum absolute atomic E-state index is 0.303. The Morgan fingerprint density at radius 1 is 1.03 bits per heavy atom. The second-order valence-electron chi connectivity index (χ2n) is 6.55. The van der Waals surface area contributed by atoms with E-state index < -0.39 is 0 Å². The van der Waals surface area contributed by atoms with Crippen molar-refractivity contribution in [2.75, 3.05) is 30.0 Å². The van der Waals surface area contributed by atoms with E-state index in [1.165, 1.54) is 0 Å². The summed E-state index contributed by atoms with van der Waals surface area (Å²) in [5.74, 6) is 2.20. The summed E-state index contributed by atoms with van der Waals surface area (Å²) in [5.41, 5.74) is 1.93. The van der Waals surface area contributed by atoms with E-state index in [1.807, 2.05) is 42.2 Å². The van der Waals surface area contributed by atoms with Crippen LogP contribution in [0.15, 0.2) is 54.6 Å². The number of carbonyl (C=O) groups excluding carboxylic acids is 1. The minimum atomic E-state index is -0.308. The zero-order valence-electron chi connectivity index (χ0n) is 16.4. The molecule has 0 atom stereocenters. The van der Waals surface area contributed by atoms with Crippen LogP contribution < -0.4 is 19.7 Å². The summed E-state index contributed by atoms with van der Waals surface area (Å²) < 4.78 is 11.1. The number of benzene rings is 2. The molecule has 148 valence electrons. The summed E-state index contributed by atoms with van der Waals surface area (Å²) in [6, 6.07) is 17.0. The summed E-state index contributed by atoms with van der Waals surface area (Å²) in [5, 5.41) is 2.88. The van der Waals surface area contributed by atoms with E-state index >= 15 is 0 Å². The number of fused-ring (bicyclic) bond motifs is 1. The number of hydrogen-bond donors (Lipinski definition) is 1. The Balaban J connectivity index is 1.59. The fourth-order valence-corrected chi connectivity index (χ4v) is 3.21. The van der Waals surface area contributed by atoms with Gasteiger partial charge in [-0.15, -0.1) is 0 Å². The summed E-state index contributed by atoms with van der Waals surface area (Å²) in [6.45, 7) is 5.55. The maximum atomic E-state index is 12.8. The van der Waals surface area contributed by atoms with E-state index in [0.717, 1.165) is 5.69 Å². The molecule has 2 aromatic carbocycles. The van der Waals surface area contributed by atoms with Crippen molar-refractivity contribution in [2.24, 2.45) is 0 Å². The second-order valence-corrected chi connectivity index (χ2v) is 6.55. The van der Waals surface area contributed by atoms with Crippen molar-refractivity contribution in [3.8, 4) is 11.5 Å². The number of hydrogen-bond acceptors (Lipinski definition) is 6. The van der Waals surface area contributed by atoms with Gasteiger partial charge in [-0.05, 0) is 38.1 Å². The molecule has 4 rings (SSSR count). The molecule has 1 aliphatic heterocycles. The van der Waals surface area contributed by atoms with Crippen LogP contribution in [0.4, 0.5) is 17.2 Å². The normalized spacial score (nSPS) is 12.3. The highest BCUT2D eigenvalue weighted by atomic mass is 16.6. The molecule has 29 heavy (non-hydrogen) atoms. The van der Waals surface area contributed by atoms with Crippen molar-refractivity contribution in [1.29, 1.82) is 0 Å². The fourth-order valence-electron chi connectivity index (χ4n) is 3.21. The monoisotopic (exact) mass is 390 g/mol. The number of para-hydroxylation sites is 1. The molecule has 2 heterocycles. The average Bonchev–Trinajstić information content (AvgIpc) is 2.74. The Morgan fingerprint density at radius 3 is 2.55 bits per heavy atom. The number of aryl methyl sites for hydroxylation is 1. The summed E-state index contributed by atoms with van der Waals surface area (Å²) in [6.07, 6.45) is 0. The highest BCUT2D eigenvalue weighted by Gasteiger charge is 2.17. The van der Waals surface area contributed by atoms with Crippen LogP contribution in [0, 0.1) is 6.92 Å². The fraction of sp³-hybridized carbons (Fsp3) is 0.227. The Kier molecular flexibility index (Phi) is 5.29. The lowest BCUT2D eigenvalue weighted by molar-refractivity contribution is 0.102. The van der Waals surface area contributed by atoms with Gasteiger partial charge in [0.2, 0.25) is 0 Å². The minimum Gasteiger partial charge on any atom is -0.486 e. The lowest BCUT2D eigenvalue weighted by Crippen LogP contribution is -2.21. The van der Waals surface area contributed by atoms with Crippen LogP contribution in [-0.2, 0) is 0 Å². The number of aromatic nitrogens is 2. The van der Waals surface area contributed by atoms with Crippen molar-refractivity contribution in [2.45, 2.75) is 13.8 Å². The molecule has 0 fully saturated rings. The number of rotatable bonds is 5. The molecule has 3 aromatic rings. The van der Waals surface area contributed by atoms with Crippen LogP contribution >= 0.6 is 0 Å². The Labute approximate surface area is 169 Å². The van der Waals surface area contributed by atoms with Gasteiger partial charge in [0.1, 0.15) is 30.5 Å². The zero-order valence-corrected chi connectivity index (χ0v) is 16.4. The van der Waals surface area contributed by atoms with Gasteiger partial charge in [-0.1, -0.05) is 18.2 Å². The SMILES string of the molecule is CCN(c1ccccc1)c1cc(C(=O)Nc2ccc3c(c2)OCCO3)nc(C)n1. The van der Waals surface area contributed by atoms with Crippen LogP contribution in [-0.4, -0.2) is 35.6 Å². The van der Waals surface area contributed by atoms with Gasteiger partial charge in [0.25, 0.3) is 5.91 Å². The molecule has 0 unspecified atom stereocenters. The Bertz CT molecular complexity index is 1020. The van der Waals surface area contributed by atoms with Gasteiger partial charge in [-0.25, -0.2) is 9.97 Å². The first-order chi connectivity index (χ1) is 14.1. The predicted octanol–water partition coefficient (Wildman–Crippen LogP) is 3.97. The number of ether oxygens (including phenoxy) is 2. The lowest BCUT2D eigenvalue weighted by atomic mass is 10.2. The molecular formula is C22H22N4O3. The van der Waals surface area contributed by atoms with Gasteiger partial charge in [-0.2, -0.15) is 0 Å². The third-order valence-corrected chi connectivity index (χ3v) is 4.52. The topological polar surface area (TPSA) is 76.6 Å². The molecule has 0 aliphatic carbocycles. The van der Waals surface area contributed by atoms with Gasteiger partial charge in [0.05, 0.1) is 0 Å². The number of nitrogens with zero attached hydrogens (tertiary/aromatic N) is 3. The summed E-state index contributed by atoms with van der Waals surface area (Å²) >= 11 is 0. The van der Waals surface area contributed by atoms with Gasteiger partial charge in [-0.3, -0.25) is 4.79 Å². The van der Waals surface area contributed by atoms with Crippen molar-refractivity contribution in [3.05, 3.63) is 66.1 Å². The van der Waals surface area contributed by atoms with E-state index in [0.29, 0.717) is 54.3 Å². The van der Waals surface area contributed by atoms with Gasteiger partial charge < -0.3 is 19.7 Å². The maximum Gasteiger partial charge on any atom is 0.274 e. The maximum absolute atomic E-state index is 12.8. The van der Waals surface area contributed by atoms with Gasteiger partial charge in [0.15, 0.2) is 11.5 Å². The van der Waals surface area contributed by atoms with Crippen LogP contribution in [0.3, 0.4) is 0 Å². The molecule has 1 amide bonds. The number of carbonyl (C=O) groups is 1. The molecule has 0 bridgehead atoms. The van der Waals surface area contributed by atoms with Crippen molar-refractivity contribution in [3.63, 3.8) is 0 Å². The highest BCUT2D eigenvalue weighted by Crippen LogP contribution is 2.32. The molecule has 0 radical (unpaired) electrons. The van der Waals surface area contributed by atoms with Gasteiger partial charge in [0, 0.05) is 30.1 Å². The molecule has 7 nitrogen and oxygen atoms in total. The van der Waals surface area contributed by atoms with E-state index in [9.17, 15) is 4.79 Å². The quantitative estimate of drug-likeness (QED) is 0.710.